The highest BCUT2D eigenvalue weighted by molar-refractivity contribution is 5.97. The van der Waals surface area contributed by atoms with Gasteiger partial charge in [-0.05, 0) is 61.4 Å². The van der Waals surface area contributed by atoms with Gasteiger partial charge in [0.2, 0.25) is 0 Å². The molecule has 0 saturated carbocycles. The van der Waals surface area contributed by atoms with Gasteiger partial charge in [-0.3, -0.25) is 4.79 Å². The minimum atomic E-state index is -0.214. The molecule has 4 heteroatoms. The number of fused-ring (bicyclic) bond motifs is 2. The van der Waals surface area contributed by atoms with Gasteiger partial charge in [-0.25, -0.2) is 0 Å². The Morgan fingerprint density at radius 3 is 2.73 bits per heavy atom. The summed E-state index contributed by atoms with van der Waals surface area (Å²) in [5.41, 5.74) is 4.60. The van der Waals surface area contributed by atoms with E-state index < -0.39 is 0 Å². The van der Waals surface area contributed by atoms with Crippen LogP contribution in [0.15, 0.2) is 46.9 Å². The second-order valence-corrected chi connectivity index (χ2v) is 6.92. The topological polar surface area (TPSA) is 51.5 Å². The molecule has 1 amide bonds. The highest BCUT2D eigenvalue weighted by Gasteiger charge is 2.18. The van der Waals surface area contributed by atoms with Crippen LogP contribution in [0.2, 0.25) is 0 Å². The molecule has 1 atom stereocenters. The van der Waals surface area contributed by atoms with Crippen molar-refractivity contribution in [1.82, 2.24) is 5.32 Å². The van der Waals surface area contributed by atoms with E-state index in [1.54, 1.807) is 13.2 Å². The van der Waals surface area contributed by atoms with Crippen LogP contribution in [0.25, 0.3) is 11.0 Å². The summed E-state index contributed by atoms with van der Waals surface area (Å²) in [5, 5.41) is 3.90. The van der Waals surface area contributed by atoms with Gasteiger partial charge in [-0.1, -0.05) is 30.3 Å². The molecule has 26 heavy (non-hydrogen) atoms. The smallest absolute Gasteiger partial charge is 0.287 e. The van der Waals surface area contributed by atoms with E-state index in [1.807, 2.05) is 25.1 Å². The molecule has 4 rings (SSSR count). The lowest BCUT2D eigenvalue weighted by Gasteiger charge is -2.19. The molecule has 0 saturated heterocycles. The van der Waals surface area contributed by atoms with Crippen molar-refractivity contribution in [1.29, 1.82) is 0 Å². The molecule has 3 aromatic rings. The Hall–Kier alpha value is -2.75. The number of hydrogen-bond acceptors (Lipinski definition) is 3. The van der Waals surface area contributed by atoms with Crippen LogP contribution in [0.5, 0.6) is 5.75 Å². The zero-order chi connectivity index (χ0) is 18.1. The zero-order valence-corrected chi connectivity index (χ0v) is 15.2. The minimum absolute atomic E-state index is 0.0789. The number of methoxy groups -OCH3 is 1. The Bertz CT molecular complexity index is 957. The van der Waals surface area contributed by atoms with Gasteiger partial charge in [-0.2, -0.15) is 0 Å². The number of carbonyl (C=O) groups is 1. The van der Waals surface area contributed by atoms with Gasteiger partial charge in [0.05, 0.1) is 13.2 Å². The number of nitrogens with one attached hydrogen (secondary N) is 1. The molecule has 1 N–H and O–H groups in total. The van der Waals surface area contributed by atoms with Gasteiger partial charge in [0.1, 0.15) is 0 Å². The average molecular weight is 349 g/mol. The number of benzene rings is 2. The zero-order valence-electron chi connectivity index (χ0n) is 15.2. The lowest BCUT2D eigenvalue weighted by Crippen LogP contribution is -2.26. The summed E-state index contributed by atoms with van der Waals surface area (Å²) in [6, 6.07) is 13.9. The third kappa shape index (κ3) is 3.07. The van der Waals surface area contributed by atoms with Crippen LogP contribution in [-0.2, 0) is 12.8 Å². The van der Waals surface area contributed by atoms with Crippen molar-refractivity contribution >= 4 is 16.9 Å². The molecule has 1 aliphatic rings. The summed E-state index contributed by atoms with van der Waals surface area (Å²) in [4.78, 5) is 12.6. The fraction of sp³-hybridized carbons (Fsp3) is 0.318. The molecule has 1 heterocycles. The second kappa shape index (κ2) is 6.87. The van der Waals surface area contributed by atoms with E-state index >= 15 is 0 Å². The minimum Gasteiger partial charge on any atom is -0.493 e. The van der Waals surface area contributed by atoms with Crippen molar-refractivity contribution in [2.75, 3.05) is 7.11 Å². The molecule has 0 spiro atoms. The third-order valence-corrected chi connectivity index (χ3v) is 5.17. The summed E-state index contributed by atoms with van der Waals surface area (Å²) in [6.07, 6.45) is 4.82. The molecule has 0 aliphatic heterocycles. The Balaban J connectivity index is 1.54. The maximum Gasteiger partial charge on any atom is 0.287 e. The first kappa shape index (κ1) is 16.7. The quantitative estimate of drug-likeness (QED) is 0.735. The number of hydrogen-bond donors (Lipinski definition) is 1. The van der Waals surface area contributed by atoms with Crippen LogP contribution < -0.4 is 10.1 Å². The molecule has 2 aromatic carbocycles. The number of aryl methyl sites for hydroxylation is 2. The lowest BCUT2D eigenvalue weighted by atomic mass is 9.89. The predicted molar refractivity (Wildman–Crippen MR) is 102 cm³/mol. The van der Waals surface area contributed by atoms with Crippen LogP contribution in [0.1, 0.15) is 53.1 Å². The van der Waals surface area contributed by atoms with Crippen molar-refractivity contribution in [3.8, 4) is 5.75 Å². The molecule has 1 aromatic heterocycles. The molecular formula is C22H23NO3. The highest BCUT2D eigenvalue weighted by Crippen LogP contribution is 2.29. The number of para-hydroxylation sites is 1. The Kier molecular flexibility index (Phi) is 4.41. The van der Waals surface area contributed by atoms with Gasteiger partial charge >= 0.3 is 0 Å². The number of rotatable bonds is 4. The normalized spacial score (nSPS) is 14.7. The van der Waals surface area contributed by atoms with Gasteiger partial charge in [-0.15, -0.1) is 0 Å². The molecule has 0 radical (unpaired) electrons. The number of amides is 1. The fourth-order valence-corrected chi connectivity index (χ4v) is 3.68. The van der Waals surface area contributed by atoms with Crippen LogP contribution in [0.3, 0.4) is 0 Å². The van der Waals surface area contributed by atoms with E-state index in [-0.39, 0.29) is 11.9 Å². The number of ether oxygens (including phenoxy) is 1. The van der Waals surface area contributed by atoms with Gasteiger partial charge in [0, 0.05) is 5.39 Å². The fourth-order valence-electron chi connectivity index (χ4n) is 3.68. The lowest BCUT2D eigenvalue weighted by molar-refractivity contribution is 0.0914. The van der Waals surface area contributed by atoms with Crippen LogP contribution in [-0.4, -0.2) is 13.0 Å². The van der Waals surface area contributed by atoms with Gasteiger partial charge < -0.3 is 14.5 Å². The van der Waals surface area contributed by atoms with Crippen molar-refractivity contribution in [2.24, 2.45) is 0 Å². The maximum atomic E-state index is 12.6. The number of carbonyl (C=O) groups excluding carboxylic acids is 1. The van der Waals surface area contributed by atoms with Crippen LogP contribution in [0.4, 0.5) is 0 Å². The van der Waals surface area contributed by atoms with E-state index in [1.165, 1.54) is 24.0 Å². The third-order valence-electron chi connectivity index (χ3n) is 5.17. The van der Waals surface area contributed by atoms with Gasteiger partial charge in [0.15, 0.2) is 17.1 Å². The summed E-state index contributed by atoms with van der Waals surface area (Å²) in [5.74, 6) is 0.715. The monoisotopic (exact) mass is 349 g/mol. The Morgan fingerprint density at radius 2 is 1.92 bits per heavy atom. The second-order valence-electron chi connectivity index (χ2n) is 6.92. The molecular weight excluding hydrogens is 326 g/mol. The van der Waals surface area contributed by atoms with E-state index in [4.69, 9.17) is 9.15 Å². The molecule has 1 aliphatic carbocycles. The van der Waals surface area contributed by atoms with Crippen molar-refractivity contribution < 1.29 is 13.9 Å². The summed E-state index contributed by atoms with van der Waals surface area (Å²) in [6.45, 7) is 2.01. The maximum absolute atomic E-state index is 12.6. The highest BCUT2D eigenvalue weighted by atomic mass is 16.5. The van der Waals surface area contributed by atoms with Crippen molar-refractivity contribution in [3.05, 3.63) is 64.9 Å². The average Bonchev–Trinajstić information content (AvgIpc) is 3.12. The first-order valence-corrected chi connectivity index (χ1v) is 9.15. The molecule has 0 unspecified atom stereocenters. The summed E-state index contributed by atoms with van der Waals surface area (Å²) >= 11 is 0. The molecule has 134 valence electrons. The predicted octanol–water partition coefficient (Wildman–Crippen LogP) is 4.81. The summed E-state index contributed by atoms with van der Waals surface area (Å²) < 4.78 is 11.0. The molecule has 0 fully saturated rings. The molecule has 0 bridgehead atoms. The molecule has 4 nitrogen and oxygen atoms in total. The Labute approximate surface area is 153 Å². The van der Waals surface area contributed by atoms with E-state index in [9.17, 15) is 4.79 Å². The van der Waals surface area contributed by atoms with E-state index in [0.29, 0.717) is 17.1 Å². The number of furan rings is 1. The first-order valence-electron chi connectivity index (χ1n) is 9.15. The first-order chi connectivity index (χ1) is 12.7. The van der Waals surface area contributed by atoms with Crippen LogP contribution in [0, 0.1) is 0 Å². The Morgan fingerprint density at radius 1 is 1.12 bits per heavy atom. The SMILES string of the molecule is COc1cccc2cc(C(=O)N[C@@H](C)c3ccc4c(c3)CCCC4)oc12. The standard InChI is InChI=1S/C22H23NO3/c1-14(16-11-10-15-6-3-4-7-17(15)12-16)23-22(24)20-13-18-8-5-9-19(25-2)21(18)26-20/h5,8-14H,3-4,6-7H2,1-2H3,(H,23,24)/t14-/m0/s1. The van der Waals surface area contributed by atoms with E-state index in [0.717, 1.165) is 23.8 Å². The van der Waals surface area contributed by atoms with Crippen molar-refractivity contribution in [2.45, 2.75) is 38.6 Å². The largest absolute Gasteiger partial charge is 0.493 e. The van der Waals surface area contributed by atoms with Crippen LogP contribution >= 0.6 is 0 Å². The van der Waals surface area contributed by atoms with Crippen molar-refractivity contribution in [3.63, 3.8) is 0 Å². The summed E-state index contributed by atoms with van der Waals surface area (Å²) in [7, 11) is 1.59. The van der Waals surface area contributed by atoms with Gasteiger partial charge in [0.25, 0.3) is 5.91 Å². The van der Waals surface area contributed by atoms with E-state index in [2.05, 4.69) is 23.5 Å².